The number of carbonyl (C=O) groups excluding carboxylic acids is 2. The fourth-order valence-electron chi connectivity index (χ4n) is 5.45. The first-order valence-corrected chi connectivity index (χ1v) is 10.3. The van der Waals surface area contributed by atoms with Gasteiger partial charge in [-0.25, -0.2) is 4.39 Å². The van der Waals surface area contributed by atoms with E-state index in [1.165, 1.54) is 36.4 Å². The molecule has 0 saturated carbocycles. The molecule has 3 aromatic carbocycles. The number of phenolic OH excluding ortho intramolecular Hbond substituents is 2. The van der Waals surface area contributed by atoms with Crippen LogP contribution in [0.1, 0.15) is 27.9 Å². The number of ketones is 1. The minimum atomic E-state index is -1.43. The molecule has 2 unspecified atom stereocenters. The molecule has 1 saturated heterocycles. The third kappa shape index (κ3) is 2.42. The summed E-state index contributed by atoms with van der Waals surface area (Å²) in [5.74, 6) is -1.89. The van der Waals surface area contributed by atoms with Crippen molar-refractivity contribution in [1.29, 1.82) is 0 Å². The highest BCUT2D eigenvalue weighted by Crippen LogP contribution is 2.59. The van der Waals surface area contributed by atoms with Crippen molar-refractivity contribution in [3.8, 4) is 11.5 Å². The predicted molar refractivity (Wildman–Crippen MR) is 116 cm³/mol. The number of hydrogen-bond acceptors (Lipinski definition) is 5. The number of para-hydroxylation sites is 1. The van der Waals surface area contributed by atoms with E-state index in [1.807, 2.05) is 23.1 Å². The molecule has 1 fully saturated rings. The maximum absolute atomic E-state index is 14.3. The summed E-state index contributed by atoms with van der Waals surface area (Å²) in [6.45, 7) is 0.427. The molecule has 6 nitrogen and oxygen atoms in total. The SMILES string of the molecule is CN1CCC(C(=O)c2ccc(F)cc2)(c2ccc(O)c(O)c2)C12C(=O)Nc1ccccc12. The molecule has 3 aromatic rings. The number of hydrogen-bond donors (Lipinski definition) is 3. The largest absolute Gasteiger partial charge is 0.504 e. The number of aromatic hydroxyl groups is 2. The summed E-state index contributed by atoms with van der Waals surface area (Å²) in [5.41, 5.74) is -0.886. The van der Waals surface area contributed by atoms with Gasteiger partial charge in [0.25, 0.3) is 5.91 Å². The highest BCUT2D eigenvalue weighted by molar-refractivity contribution is 6.16. The summed E-state index contributed by atoms with van der Waals surface area (Å²) in [6.07, 6.45) is 0.283. The number of carbonyl (C=O) groups is 2. The smallest absolute Gasteiger partial charge is 0.251 e. The fourth-order valence-corrected chi connectivity index (χ4v) is 5.45. The Balaban J connectivity index is 1.86. The number of phenols is 2. The molecule has 0 aromatic heterocycles. The third-order valence-corrected chi connectivity index (χ3v) is 6.87. The Morgan fingerprint density at radius 1 is 1.03 bits per heavy atom. The molecule has 0 radical (unpaired) electrons. The van der Waals surface area contributed by atoms with E-state index < -0.39 is 16.8 Å². The zero-order valence-electron chi connectivity index (χ0n) is 17.3. The Hall–Kier alpha value is -3.71. The summed E-state index contributed by atoms with van der Waals surface area (Å²) in [6, 6.07) is 16.7. The zero-order chi connectivity index (χ0) is 22.7. The molecular formula is C25H21FN2O4. The summed E-state index contributed by atoms with van der Waals surface area (Å²) in [5, 5.41) is 23.1. The van der Waals surface area contributed by atoms with E-state index in [0.29, 0.717) is 23.4 Å². The number of halogens is 1. The summed E-state index contributed by atoms with van der Waals surface area (Å²) < 4.78 is 13.6. The number of anilines is 1. The lowest BCUT2D eigenvalue weighted by atomic mass is 9.59. The number of Topliss-reactive ketones (excluding diaryl/α,β-unsaturated/α-hetero) is 1. The molecule has 32 heavy (non-hydrogen) atoms. The van der Waals surface area contributed by atoms with Gasteiger partial charge in [-0.05, 0) is 61.5 Å². The van der Waals surface area contributed by atoms with Crippen LogP contribution < -0.4 is 5.32 Å². The van der Waals surface area contributed by atoms with Crippen LogP contribution in [-0.2, 0) is 15.7 Å². The second-order valence-corrected chi connectivity index (χ2v) is 8.33. The van der Waals surface area contributed by atoms with Crippen molar-refractivity contribution in [2.75, 3.05) is 18.9 Å². The van der Waals surface area contributed by atoms with E-state index >= 15 is 0 Å². The fraction of sp³-hybridized carbons (Fsp3) is 0.200. The lowest BCUT2D eigenvalue weighted by molar-refractivity contribution is -0.127. The van der Waals surface area contributed by atoms with E-state index in [2.05, 4.69) is 5.32 Å². The summed E-state index contributed by atoms with van der Waals surface area (Å²) in [7, 11) is 1.79. The van der Waals surface area contributed by atoms with Crippen LogP contribution >= 0.6 is 0 Å². The quantitative estimate of drug-likeness (QED) is 0.435. The Labute approximate surface area is 183 Å². The average Bonchev–Trinajstić information content (AvgIpc) is 3.27. The monoisotopic (exact) mass is 432 g/mol. The summed E-state index contributed by atoms with van der Waals surface area (Å²) in [4.78, 5) is 29.8. The molecule has 0 aliphatic carbocycles. The number of nitrogens with zero attached hydrogens (tertiary/aromatic N) is 1. The van der Waals surface area contributed by atoms with Gasteiger partial charge in [0.2, 0.25) is 0 Å². The molecule has 7 heteroatoms. The predicted octanol–water partition coefficient (Wildman–Crippen LogP) is 3.54. The van der Waals surface area contributed by atoms with Gasteiger partial charge in [0, 0.05) is 23.4 Å². The van der Waals surface area contributed by atoms with E-state index in [0.717, 1.165) is 0 Å². The standard InChI is InChI=1S/C25H21FN2O4/c1-28-13-12-24(16-8-11-20(29)21(30)14-16,22(31)15-6-9-17(26)10-7-15)25(28)18-4-2-3-5-19(18)27-23(25)32/h2-11,14,29-30H,12-13H2,1H3,(H,27,32). The minimum absolute atomic E-state index is 0.255. The van der Waals surface area contributed by atoms with Crippen molar-refractivity contribution in [2.45, 2.75) is 17.4 Å². The minimum Gasteiger partial charge on any atom is -0.504 e. The number of fused-ring (bicyclic) bond motifs is 2. The molecule has 2 atom stereocenters. The molecule has 2 heterocycles. The van der Waals surface area contributed by atoms with Crippen LogP contribution in [0.3, 0.4) is 0 Å². The first-order valence-electron chi connectivity index (χ1n) is 10.3. The van der Waals surface area contributed by atoms with Crippen LogP contribution in [-0.4, -0.2) is 40.4 Å². The van der Waals surface area contributed by atoms with Gasteiger partial charge in [0.05, 0.1) is 5.41 Å². The Kier molecular flexibility index (Phi) is 4.36. The molecule has 3 N–H and O–H groups in total. The van der Waals surface area contributed by atoms with Gasteiger partial charge in [-0.3, -0.25) is 14.5 Å². The number of amides is 1. The molecule has 1 amide bonds. The second-order valence-electron chi connectivity index (χ2n) is 8.33. The average molecular weight is 432 g/mol. The van der Waals surface area contributed by atoms with Gasteiger partial charge in [-0.2, -0.15) is 0 Å². The number of nitrogens with one attached hydrogen (secondary N) is 1. The molecule has 162 valence electrons. The van der Waals surface area contributed by atoms with Crippen LogP contribution in [0, 0.1) is 5.82 Å². The van der Waals surface area contributed by atoms with Gasteiger partial charge in [0.1, 0.15) is 11.4 Å². The molecule has 0 bridgehead atoms. The van der Waals surface area contributed by atoms with Gasteiger partial charge in [-0.1, -0.05) is 24.3 Å². The third-order valence-electron chi connectivity index (χ3n) is 6.87. The van der Waals surface area contributed by atoms with Crippen LogP contribution in [0.15, 0.2) is 66.7 Å². The van der Waals surface area contributed by atoms with Crippen LogP contribution in [0.2, 0.25) is 0 Å². The van der Waals surface area contributed by atoms with E-state index in [1.54, 1.807) is 19.2 Å². The van der Waals surface area contributed by atoms with E-state index in [9.17, 15) is 24.2 Å². The van der Waals surface area contributed by atoms with Crippen LogP contribution in [0.25, 0.3) is 0 Å². The number of likely N-dealkylation sites (tertiary alicyclic amines) is 1. The Bertz CT molecular complexity index is 1260. The first kappa shape index (κ1) is 20.2. The number of likely N-dealkylation sites (N-methyl/N-ethyl adjacent to an activating group) is 1. The number of benzene rings is 3. The lowest BCUT2D eigenvalue weighted by Gasteiger charge is -2.44. The van der Waals surface area contributed by atoms with Crippen molar-refractivity contribution >= 4 is 17.4 Å². The normalized spacial score (nSPS) is 24.5. The maximum Gasteiger partial charge on any atom is 0.251 e. The molecule has 1 spiro atoms. The van der Waals surface area contributed by atoms with Gasteiger partial charge < -0.3 is 15.5 Å². The molecule has 2 aliphatic heterocycles. The molecular weight excluding hydrogens is 411 g/mol. The Morgan fingerprint density at radius 2 is 1.75 bits per heavy atom. The highest BCUT2D eigenvalue weighted by atomic mass is 19.1. The van der Waals surface area contributed by atoms with Crippen molar-refractivity contribution < 1.29 is 24.2 Å². The second kappa shape index (κ2) is 6.90. The van der Waals surface area contributed by atoms with Gasteiger partial charge >= 0.3 is 0 Å². The topological polar surface area (TPSA) is 89.9 Å². The van der Waals surface area contributed by atoms with E-state index in [-0.39, 0.29) is 35.2 Å². The maximum atomic E-state index is 14.3. The van der Waals surface area contributed by atoms with Crippen molar-refractivity contribution in [3.63, 3.8) is 0 Å². The van der Waals surface area contributed by atoms with Crippen molar-refractivity contribution in [2.24, 2.45) is 0 Å². The highest BCUT2D eigenvalue weighted by Gasteiger charge is 2.70. The zero-order valence-corrected chi connectivity index (χ0v) is 17.3. The molecule has 2 aliphatic rings. The Morgan fingerprint density at radius 3 is 2.47 bits per heavy atom. The molecule has 5 rings (SSSR count). The van der Waals surface area contributed by atoms with Gasteiger partial charge in [-0.15, -0.1) is 0 Å². The van der Waals surface area contributed by atoms with Crippen molar-refractivity contribution in [3.05, 3.63) is 89.2 Å². The van der Waals surface area contributed by atoms with Crippen LogP contribution in [0.4, 0.5) is 10.1 Å². The van der Waals surface area contributed by atoms with Gasteiger partial charge in [0.15, 0.2) is 17.3 Å². The lowest BCUT2D eigenvalue weighted by Crippen LogP contribution is -2.60. The number of rotatable bonds is 3. The summed E-state index contributed by atoms with van der Waals surface area (Å²) >= 11 is 0. The first-order chi connectivity index (χ1) is 15.3. The van der Waals surface area contributed by atoms with E-state index in [4.69, 9.17) is 0 Å². The van der Waals surface area contributed by atoms with Crippen LogP contribution in [0.5, 0.6) is 11.5 Å². The van der Waals surface area contributed by atoms with Crippen molar-refractivity contribution in [1.82, 2.24) is 4.90 Å².